The summed E-state index contributed by atoms with van der Waals surface area (Å²) in [6.07, 6.45) is 18.7. The number of carbonyl (C=O) groups is 2. The molecule has 0 bridgehead atoms. The van der Waals surface area contributed by atoms with Crippen LogP contribution in [0.4, 0.5) is 0 Å². The van der Waals surface area contributed by atoms with Crippen molar-refractivity contribution in [3.8, 4) is 5.75 Å². The summed E-state index contributed by atoms with van der Waals surface area (Å²) in [5.41, 5.74) is 0.841. The van der Waals surface area contributed by atoms with E-state index in [1.54, 1.807) is 18.2 Å². The average Bonchev–Trinajstić information content (AvgIpc) is 2.82. The van der Waals surface area contributed by atoms with Gasteiger partial charge in [-0.1, -0.05) is 94.9 Å². The first-order chi connectivity index (χ1) is 16.0. The van der Waals surface area contributed by atoms with Gasteiger partial charge in [-0.2, -0.15) is 0 Å². The van der Waals surface area contributed by atoms with Crippen molar-refractivity contribution >= 4 is 23.5 Å². The van der Waals surface area contributed by atoms with Crippen LogP contribution in [0.15, 0.2) is 30.4 Å². The van der Waals surface area contributed by atoms with Crippen LogP contribution in [-0.4, -0.2) is 18.5 Å². The van der Waals surface area contributed by atoms with E-state index >= 15 is 0 Å². The molecule has 0 heterocycles. The first kappa shape index (κ1) is 27.4. The number of unbranched alkanes of at least 4 members (excludes halogenated alkanes) is 10. The maximum Gasteiger partial charge on any atom is 0.315 e. The van der Waals surface area contributed by atoms with Gasteiger partial charge in [0.05, 0.1) is 18.4 Å². The predicted molar refractivity (Wildman–Crippen MR) is 135 cm³/mol. The second kappa shape index (κ2) is 15.9. The minimum Gasteiger partial charge on any atom is -0.465 e. The maximum absolute atomic E-state index is 12.8. The number of esters is 2. The molecule has 4 nitrogen and oxygen atoms in total. The third-order valence-corrected chi connectivity index (χ3v) is 6.80. The first-order valence-electron chi connectivity index (χ1n) is 12.8. The molecule has 1 aliphatic carbocycles. The molecule has 0 amide bonds. The molecular formula is C28H41ClO4. The van der Waals surface area contributed by atoms with Crippen molar-refractivity contribution in [3.05, 3.63) is 40.9 Å². The molecule has 2 atom stereocenters. The number of halogens is 1. The summed E-state index contributed by atoms with van der Waals surface area (Å²) in [7, 11) is 0. The van der Waals surface area contributed by atoms with Crippen LogP contribution in [0.5, 0.6) is 5.75 Å². The van der Waals surface area contributed by atoms with Gasteiger partial charge in [-0.3, -0.25) is 9.59 Å². The molecule has 0 saturated heterocycles. The highest BCUT2D eigenvalue weighted by molar-refractivity contribution is 6.31. The molecule has 1 aromatic carbocycles. The van der Waals surface area contributed by atoms with Crippen molar-refractivity contribution in [2.24, 2.45) is 11.8 Å². The molecule has 0 radical (unpaired) electrons. The smallest absolute Gasteiger partial charge is 0.315 e. The fraction of sp³-hybridized carbons (Fsp3) is 0.643. The SMILES string of the molecule is CCCCCCCCCCCCCOC(=O)C1CC=CCC1C(=O)Oc1ccc(Cl)c(C)c1. The topological polar surface area (TPSA) is 52.6 Å². The maximum atomic E-state index is 12.8. The van der Waals surface area contributed by atoms with E-state index in [1.807, 2.05) is 19.1 Å². The Morgan fingerprint density at radius 3 is 1.97 bits per heavy atom. The molecule has 184 valence electrons. The lowest BCUT2D eigenvalue weighted by Crippen LogP contribution is -2.35. The molecule has 1 aliphatic rings. The van der Waals surface area contributed by atoms with Gasteiger partial charge < -0.3 is 9.47 Å². The van der Waals surface area contributed by atoms with Gasteiger partial charge in [0.25, 0.3) is 0 Å². The number of aryl methyl sites for hydroxylation is 1. The Kier molecular flexibility index (Phi) is 13.2. The summed E-state index contributed by atoms with van der Waals surface area (Å²) in [4.78, 5) is 25.4. The van der Waals surface area contributed by atoms with Gasteiger partial charge in [0.15, 0.2) is 0 Å². The zero-order chi connectivity index (χ0) is 23.9. The normalized spacial score (nSPS) is 17.7. The molecule has 0 aliphatic heterocycles. The lowest BCUT2D eigenvalue weighted by atomic mass is 9.83. The first-order valence-corrected chi connectivity index (χ1v) is 13.2. The third kappa shape index (κ3) is 10.3. The highest BCUT2D eigenvalue weighted by Gasteiger charge is 2.36. The van der Waals surface area contributed by atoms with E-state index < -0.39 is 17.8 Å². The van der Waals surface area contributed by atoms with Crippen molar-refractivity contribution < 1.29 is 19.1 Å². The molecule has 0 spiro atoms. The summed E-state index contributed by atoms with van der Waals surface area (Å²) in [6, 6.07) is 5.12. The van der Waals surface area contributed by atoms with Gasteiger partial charge in [0.2, 0.25) is 0 Å². The Morgan fingerprint density at radius 2 is 1.39 bits per heavy atom. The Balaban J connectivity index is 1.64. The molecule has 0 fully saturated rings. The fourth-order valence-electron chi connectivity index (χ4n) is 4.25. The molecule has 2 rings (SSSR count). The lowest BCUT2D eigenvalue weighted by Gasteiger charge is -2.25. The molecule has 33 heavy (non-hydrogen) atoms. The Labute approximate surface area is 205 Å². The molecule has 0 aromatic heterocycles. The Morgan fingerprint density at radius 1 is 0.848 bits per heavy atom. The minimum absolute atomic E-state index is 0.291. The lowest BCUT2D eigenvalue weighted by molar-refractivity contribution is -0.156. The largest absolute Gasteiger partial charge is 0.465 e. The highest BCUT2D eigenvalue weighted by Crippen LogP contribution is 2.30. The number of hydrogen-bond donors (Lipinski definition) is 0. The minimum atomic E-state index is -0.518. The molecule has 0 N–H and O–H groups in total. The van der Waals surface area contributed by atoms with Crippen LogP contribution < -0.4 is 4.74 Å². The fourth-order valence-corrected chi connectivity index (χ4v) is 4.37. The molecule has 5 heteroatoms. The molecular weight excluding hydrogens is 436 g/mol. The van der Waals surface area contributed by atoms with E-state index in [0.29, 0.717) is 30.2 Å². The van der Waals surface area contributed by atoms with Gasteiger partial charge in [0.1, 0.15) is 5.75 Å². The van der Waals surface area contributed by atoms with E-state index in [9.17, 15) is 9.59 Å². The van der Waals surface area contributed by atoms with Crippen LogP contribution in [0.3, 0.4) is 0 Å². The van der Waals surface area contributed by atoms with Gasteiger partial charge in [0, 0.05) is 5.02 Å². The van der Waals surface area contributed by atoms with E-state index in [0.717, 1.165) is 18.4 Å². The highest BCUT2D eigenvalue weighted by atomic mass is 35.5. The van der Waals surface area contributed by atoms with Gasteiger partial charge in [-0.25, -0.2) is 0 Å². The number of benzene rings is 1. The summed E-state index contributed by atoms with van der Waals surface area (Å²) in [5.74, 6) is -1.23. The van der Waals surface area contributed by atoms with Crippen LogP contribution >= 0.6 is 11.6 Å². The summed E-state index contributed by atoms with van der Waals surface area (Å²) >= 11 is 6.04. The van der Waals surface area contributed by atoms with Crippen LogP contribution in [-0.2, 0) is 14.3 Å². The van der Waals surface area contributed by atoms with Crippen molar-refractivity contribution in [2.75, 3.05) is 6.61 Å². The van der Waals surface area contributed by atoms with Crippen LogP contribution in [0.25, 0.3) is 0 Å². The van der Waals surface area contributed by atoms with Crippen molar-refractivity contribution in [1.29, 1.82) is 0 Å². The number of ether oxygens (including phenoxy) is 2. The van der Waals surface area contributed by atoms with Crippen molar-refractivity contribution in [3.63, 3.8) is 0 Å². The summed E-state index contributed by atoms with van der Waals surface area (Å²) < 4.78 is 11.1. The van der Waals surface area contributed by atoms with Crippen LogP contribution in [0.2, 0.25) is 5.02 Å². The van der Waals surface area contributed by atoms with Gasteiger partial charge >= 0.3 is 11.9 Å². The molecule has 2 unspecified atom stereocenters. The van der Waals surface area contributed by atoms with E-state index in [2.05, 4.69) is 6.92 Å². The van der Waals surface area contributed by atoms with Crippen LogP contribution in [0.1, 0.15) is 96.0 Å². The quantitative estimate of drug-likeness (QED) is 0.111. The molecule has 0 saturated carbocycles. The number of hydrogen-bond acceptors (Lipinski definition) is 4. The zero-order valence-corrected chi connectivity index (χ0v) is 21.2. The van der Waals surface area contributed by atoms with E-state index in [1.165, 1.54) is 57.8 Å². The predicted octanol–water partition coefficient (Wildman–Crippen LogP) is 7.99. The average molecular weight is 477 g/mol. The third-order valence-electron chi connectivity index (χ3n) is 6.38. The Bertz CT molecular complexity index is 758. The number of allylic oxidation sites excluding steroid dienone is 2. The second-order valence-electron chi connectivity index (χ2n) is 9.19. The van der Waals surface area contributed by atoms with Gasteiger partial charge in [-0.15, -0.1) is 0 Å². The monoisotopic (exact) mass is 476 g/mol. The number of carbonyl (C=O) groups excluding carboxylic acids is 2. The van der Waals surface area contributed by atoms with Crippen molar-refractivity contribution in [2.45, 2.75) is 97.3 Å². The standard InChI is InChI=1S/C28H41ClO4/c1-3-4-5-6-7-8-9-10-11-12-15-20-32-27(30)24-16-13-14-17-25(24)28(31)33-23-18-19-26(29)22(2)21-23/h13-14,18-19,21,24-25H,3-12,15-17,20H2,1-2H3. The zero-order valence-electron chi connectivity index (χ0n) is 20.5. The second-order valence-corrected chi connectivity index (χ2v) is 9.60. The summed E-state index contributed by atoms with van der Waals surface area (Å²) in [6.45, 7) is 4.53. The summed E-state index contributed by atoms with van der Waals surface area (Å²) in [5, 5.41) is 0.624. The van der Waals surface area contributed by atoms with E-state index in [4.69, 9.17) is 21.1 Å². The number of rotatable bonds is 15. The van der Waals surface area contributed by atoms with Crippen LogP contribution in [0, 0.1) is 18.8 Å². The Hall–Kier alpha value is -1.81. The molecule has 1 aromatic rings. The van der Waals surface area contributed by atoms with Gasteiger partial charge in [-0.05, 0) is 49.9 Å². The van der Waals surface area contributed by atoms with E-state index in [-0.39, 0.29) is 5.97 Å². The van der Waals surface area contributed by atoms with Crippen molar-refractivity contribution in [1.82, 2.24) is 0 Å².